The predicted molar refractivity (Wildman–Crippen MR) is 88.2 cm³/mol. The van der Waals surface area contributed by atoms with Gasteiger partial charge in [0.15, 0.2) is 5.15 Å². The SMILES string of the molecule is O=C(Nc1ccc(Oc2ccc(Cl)nn2)cc1)C1CC2CCC1O2. The second kappa shape index (κ2) is 6.37. The van der Waals surface area contributed by atoms with Crippen LogP contribution in [0, 0.1) is 5.92 Å². The van der Waals surface area contributed by atoms with Crippen molar-refractivity contribution in [3.8, 4) is 11.6 Å². The van der Waals surface area contributed by atoms with Gasteiger partial charge in [0.25, 0.3) is 0 Å². The molecular formula is C17H16ClN3O3. The maximum Gasteiger partial charge on any atom is 0.238 e. The fourth-order valence-electron chi connectivity index (χ4n) is 3.23. The Labute approximate surface area is 144 Å². The minimum atomic E-state index is -0.0379. The van der Waals surface area contributed by atoms with E-state index < -0.39 is 0 Å². The second-order valence-corrected chi connectivity index (χ2v) is 6.41. The Hall–Kier alpha value is -2.18. The number of benzene rings is 1. The summed E-state index contributed by atoms with van der Waals surface area (Å²) in [5.41, 5.74) is 0.734. The molecule has 3 heterocycles. The van der Waals surface area contributed by atoms with Crippen LogP contribution in [0.5, 0.6) is 11.6 Å². The molecule has 0 saturated carbocycles. The molecule has 1 N–H and O–H groups in total. The molecule has 4 rings (SSSR count). The normalized spacial score (nSPS) is 24.8. The lowest BCUT2D eigenvalue weighted by molar-refractivity contribution is -0.121. The zero-order valence-corrected chi connectivity index (χ0v) is 13.6. The minimum Gasteiger partial charge on any atom is -0.438 e. The van der Waals surface area contributed by atoms with Crippen molar-refractivity contribution in [2.75, 3.05) is 5.32 Å². The lowest BCUT2D eigenvalue weighted by atomic mass is 9.88. The topological polar surface area (TPSA) is 73.3 Å². The van der Waals surface area contributed by atoms with Gasteiger partial charge in [0.2, 0.25) is 11.8 Å². The fourth-order valence-corrected chi connectivity index (χ4v) is 3.33. The number of nitrogens with zero attached hydrogens (tertiary/aromatic N) is 2. The first-order chi connectivity index (χ1) is 11.7. The van der Waals surface area contributed by atoms with Gasteiger partial charge in [-0.1, -0.05) is 11.6 Å². The maximum atomic E-state index is 12.4. The first-order valence-electron chi connectivity index (χ1n) is 7.91. The summed E-state index contributed by atoms with van der Waals surface area (Å²) >= 11 is 5.68. The number of rotatable bonds is 4. The molecule has 2 aliphatic heterocycles. The summed E-state index contributed by atoms with van der Waals surface area (Å²) < 4.78 is 11.3. The minimum absolute atomic E-state index is 0.0273. The van der Waals surface area contributed by atoms with Crippen molar-refractivity contribution in [1.82, 2.24) is 10.2 Å². The number of aromatic nitrogens is 2. The molecule has 1 aromatic heterocycles. The van der Waals surface area contributed by atoms with Gasteiger partial charge in [-0.05, 0) is 49.6 Å². The average molecular weight is 346 g/mol. The molecule has 2 saturated heterocycles. The smallest absolute Gasteiger partial charge is 0.238 e. The largest absolute Gasteiger partial charge is 0.438 e. The highest BCUT2D eigenvalue weighted by Gasteiger charge is 2.44. The number of carbonyl (C=O) groups is 1. The summed E-state index contributed by atoms with van der Waals surface area (Å²) in [6, 6.07) is 10.4. The van der Waals surface area contributed by atoms with Crippen LogP contribution in [0.2, 0.25) is 5.15 Å². The molecule has 0 radical (unpaired) electrons. The van der Waals surface area contributed by atoms with Gasteiger partial charge in [-0.2, -0.15) is 0 Å². The Morgan fingerprint density at radius 2 is 2.00 bits per heavy atom. The average Bonchev–Trinajstić information content (AvgIpc) is 3.22. The maximum absolute atomic E-state index is 12.4. The highest BCUT2D eigenvalue weighted by Crippen LogP contribution is 2.39. The van der Waals surface area contributed by atoms with Gasteiger partial charge in [-0.15, -0.1) is 10.2 Å². The first kappa shape index (κ1) is 15.4. The molecule has 124 valence electrons. The van der Waals surface area contributed by atoms with Crippen molar-refractivity contribution in [1.29, 1.82) is 0 Å². The molecule has 24 heavy (non-hydrogen) atoms. The molecule has 2 aromatic rings. The Balaban J connectivity index is 1.37. The van der Waals surface area contributed by atoms with Gasteiger partial charge < -0.3 is 14.8 Å². The van der Waals surface area contributed by atoms with E-state index in [1.165, 1.54) is 0 Å². The van der Waals surface area contributed by atoms with Gasteiger partial charge in [0, 0.05) is 11.8 Å². The second-order valence-electron chi connectivity index (χ2n) is 6.03. The quantitative estimate of drug-likeness (QED) is 0.919. The number of nitrogens with one attached hydrogen (secondary N) is 1. The third-order valence-corrected chi connectivity index (χ3v) is 4.60. The van der Waals surface area contributed by atoms with Crippen LogP contribution >= 0.6 is 11.6 Å². The first-order valence-corrected chi connectivity index (χ1v) is 8.28. The highest BCUT2D eigenvalue weighted by atomic mass is 35.5. The molecule has 3 unspecified atom stereocenters. The summed E-state index contributed by atoms with van der Waals surface area (Å²) in [5.74, 6) is 0.951. The number of hydrogen-bond acceptors (Lipinski definition) is 5. The third kappa shape index (κ3) is 3.20. The van der Waals surface area contributed by atoms with Crippen molar-refractivity contribution >= 4 is 23.2 Å². The van der Waals surface area contributed by atoms with E-state index in [2.05, 4.69) is 15.5 Å². The molecule has 3 atom stereocenters. The van der Waals surface area contributed by atoms with E-state index in [4.69, 9.17) is 21.1 Å². The van der Waals surface area contributed by atoms with E-state index >= 15 is 0 Å². The third-order valence-electron chi connectivity index (χ3n) is 4.39. The molecule has 0 spiro atoms. The van der Waals surface area contributed by atoms with Crippen molar-refractivity contribution in [3.63, 3.8) is 0 Å². The number of fused-ring (bicyclic) bond motifs is 2. The number of hydrogen-bond donors (Lipinski definition) is 1. The zero-order chi connectivity index (χ0) is 16.5. The molecule has 2 aliphatic rings. The van der Waals surface area contributed by atoms with E-state index in [9.17, 15) is 4.79 Å². The standard InChI is InChI=1S/C17H16ClN3O3/c18-15-7-8-16(21-20-15)24-11-3-1-10(2-4-11)19-17(22)13-9-12-5-6-14(13)23-12/h1-4,7-8,12-14H,5-6,9H2,(H,19,22). The van der Waals surface area contributed by atoms with Gasteiger partial charge in [0.1, 0.15) is 5.75 Å². The van der Waals surface area contributed by atoms with E-state index in [0.29, 0.717) is 16.8 Å². The molecule has 1 amide bonds. The van der Waals surface area contributed by atoms with Crippen molar-refractivity contribution in [2.45, 2.75) is 31.5 Å². The Kier molecular flexibility index (Phi) is 4.08. The van der Waals surface area contributed by atoms with Crippen LogP contribution in [0.1, 0.15) is 19.3 Å². The summed E-state index contributed by atoms with van der Waals surface area (Å²) in [6.45, 7) is 0. The van der Waals surface area contributed by atoms with Gasteiger partial charge in [0.05, 0.1) is 18.1 Å². The van der Waals surface area contributed by atoms with Crippen LogP contribution in [0.4, 0.5) is 5.69 Å². The number of halogens is 1. The number of anilines is 1. The summed E-state index contributed by atoms with van der Waals surface area (Å²) in [7, 11) is 0. The van der Waals surface area contributed by atoms with Crippen molar-refractivity contribution < 1.29 is 14.3 Å². The lowest BCUT2D eigenvalue weighted by Crippen LogP contribution is -2.30. The van der Waals surface area contributed by atoms with Crippen LogP contribution in [-0.2, 0) is 9.53 Å². The Bertz CT molecular complexity index is 736. The van der Waals surface area contributed by atoms with Crippen LogP contribution in [0.25, 0.3) is 0 Å². The number of carbonyl (C=O) groups excluding carboxylic acids is 1. The van der Waals surface area contributed by atoms with E-state index in [1.54, 1.807) is 36.4 Å². The highest BCUT2D eigenvalue weighted by molar-refractivity contribution is 6.29. The van der Waals surface area contributed by atoms with Crippen LogP contribution in [0.15, 0.2) is 36.4 Å². The van der Waals surface area contributed by atoms with Crippen LogP contribution < -0.4 is 10.1 Å². The molecule has 2 fully saturated rings. The van der Waals surface area contributed by atoms with E-state index in [-0.39, 0.29) is 24.0 Å². The Morgan fingerprint density at radius 3 is 2.62 bits per heavy atom. The number of ether oxygens (including phenoxy) is 2. The van der Waals surface area contributed by atoms with Crippen LogP contribution in [-0.4, -0.2) is 28.3 Å². The molecule has 1 aromatic carbocycles. The van der Waals surface area contributed by atoms with E-state index in [1.807, 2.05) is 0 Å². The summed E-state index contributed by atoms with van der Waals surface area (Å²) in [4.78, 5) is 12.4. The summed E-state index contributed by atoms with van der Waals surface area (Å²) in [6.07, 6.45) is 3.24. The monoisotopic (exact) mass is 345 g/mol. The Morgan fingerprint density at radius 1 is 1.17 bits per heavy atom. The van der Waals surface area contributed by atoms with Gasteiger partial charge in [-0.25, -0.2) is 0 Å². The molecular weight excluding hydrogens is 330 g/mol. The molecule has 2 bridgehead atoms. The molecule has 0 aliphatic carbocycles. The predicted octanol–water partition coefficient (Wildman–Crippen LogP) is 3.43. The molecule has 7 heteroatoms. The van der Waals surface area contributed by atoms with Gasteiger partial charge in [-0.3, -0.25) is 4.79 Å². The van der Waals surface area contributed by atoms with Crippen molar-refractivity contribution in [3.05, 3.63) is 41.6 Å². The van der Waals surface area contributed by atoms with E-state index in [0.717, 1.165) is 24.9 Å². The lowest BCUT2D eigenvalue weighted by Gasteiger charge is -2.18. The number of amides is 1. The zero-order valence-electron chi connectivity index (χ0n) is 12.8. The van der Waals surface area contributed by atoms with Crippen molar-refractivity contribution in [2.24, 2.45) is 5.92 Å². The molecule has 6 nitrogen and oxygen atoms in total. The summed E-state index contributed by atoms with van der Waals surface area (Å²) in [5, 5.41) is 10.8. The fraction of sp³-hybridized carbons (Fsp3) is 0.353. The van der Waals surface area contributed by atoms with Gasteiger partial charge >= 0.3 is 0 Å². The van der Waals surface area contributed by atoms with Crippen LogP contribution in [0.3, 0.4) is 0 Å².